The maximum absolute atomic E-state index is 12.1. The second-order valence-electron chi connectivity index (χ2n) is 6.18. The zero-order valence-electron chi connectivity index (χ0n) is 12.9. The van der Waals surface area contributed by atoms with Gasteiger partial charge >= 0.3 is 0 Å². The quantitative estimate of drug-likeness (QED) is 0.818. The van der Waals surface area contributed by atoms with Crippen LogP contribution in [0.2, 0.25) is 0 Å². The molecule has 7 heteroatoms. The molecule has 0 fully saturated rings. The minimum atomic E-state index is -0.574. The first-order valence-corrected chi connectivity index (χ1v) is 7.87. The van der Waals surface area contributed by atoms with Gasteiger partial charge < -0.3 is 16.0 Å². The summed E-state index contributed by atoms with van der Waals surface area (Å²) in [6.07, 6.45) is 0. The van der Waals surface area contributed by atoms with E-state index in [1.54, 1.807) is 0 Å². The van der Waals surface area contributed by atoms with Crippen molar-refractivity contribution >= 4 is 34.6 Å². The number of nitrogens with zero attached hydrogens (tertiary/aromatic N) is 2. The van der Waals surface area contributed by atoms with Crippen LogP contribution in [0, 0.1) is 5.41 Å². The predicted molar refractivity (Wildman–Crippen MR) is 87.3 cm³/mol. The standard InChI is InChI=1S/C15H20N4O2S/c1-15(2,3)12(13(17)21)19-10-7-5-4-6-9(10)18-14(19)22-8-11(16)20/h4-7,12H,8H2,1-3H3,(H2,16,20)(H2,17,21). The Kier molecular flexibility index (Phi) is 4.46. The molecule has 1 aromatic carbocycles. The van der Waals surface area contributed by atoms with Crippen LogP contribution in [0.15, 0.2) is 29.4 Å². The van der Waals surface area contributed by atoms with Crippen LogP contribution in [0.1, 0.15) is 26.8 Å². The fraction of sp³-hybridized carbons (Fsp3) is 0.400. The number of rotatable bonds is 5. The number of carbonyl (C=O) groups excluding carboxylic acids is 2. The van der Waals surface area contributed by atoms with Gasteiger partial charge in [0.1, 0.15) is 6.04 Å². The van der Waals surface area contributed by atoms with Gasteiger partial charge in [0.25, 0.3) is 0 Å². The zero-order valence-corrected chi connectivity index (χ0v) is 13.7. The minimum absolute atomic E-state index is 0.0962. The third kappa shape index (κ3) is 3.24. The number of amides is 2. The van der Waals surface area contributed by atoms with Gasteiger partial charge in [-0.1, -0.05) is 44.7 Å². The van der Waals surface area contributed by atoms with Crippen molar-refractivity contribution in [3.05, 3.63) is 24.3 Å². The molecule has 118 valence electrons. The number of fused-ring (bicyclic) bond motifs is 1. The first-order chi connectivity index (χ1) is 10.2. The molecule has 2 aromatic rings. The lowest BCUT2D eigenvalue weighted by molar-refractivity contribution is -0.124. The number of aromatic nitrogens is 2. The van der Waals surface area contributed by atoms with Crippen LogP contribution in [-0.4, -0.2) is 27.1 Å². The van der Waals surface area contributed by atoms with Gasteiger partial charge in [-0.05, 0) is 17.5 Å². The molecule has 0 radical (unpaired) electrons. The summed E-state index contributed by atoms with van der Waals surface area (Å²) >= 11 is 1.21. The number of thioether (sulfide) groups is 1. The van der Waals surface area contributed by atoms with E-state index in [4.69, 9.17) is 11.5 Å². The molecule has 6 nitrogen and oxygen atoms in total. The van der Waals surface area contributed by atoms with Gasteiger partial charge in [-0.25, -0.2) is 4.98 Å². The minimum Gasteiger partial charge on any atom is -0.369 e. The fourth-order valence-corrected chi connectivity index (χ4v) is 3.23. The van der Waals surface area contributed by atoms with Gasteiger partial charge in [0.05, 0.1) is 16.8 Å². The summed E-state index contributed by atoms with van der Waals surface area (Å²) in [4.78, 5) is 27.6. The number of hydrogen-bond donors (Lipinski definition) is 2. The predicted octanol–water partition coefficient (Wildman–Crippen LogP) is 1.69. The molecule has 1 atom stereocenters. The van der Waals surface area contributed by atoms with Crippen molar-refractivity contribution in [3.63, 3.8) is 0 Å². The molecule has 0 bridgehead atoms. The van der Waals surface area contributed by atoms with Crippen molar-refractivity contribution in [2.24, 2.45) is 16.9 Å². The molecule has 0 spiro atoms. The summed E-state index contributed by atoms with van der Waals surface area (Å²) < 4.78 is 1.81. The highest BCUT2D eigenvalue weighted by Crippen LogP contribution is 2.36. The Morgan fingerprint density at radius 3 is 2.45 bits per heavy atom. The molecule has 2 rings (SSSR count). The number of hydrogen-bond acceptors (Lipinski definition) is 4. The fourth-order valence-electron chi connectivity index (χ4n) is 2.45. The summed E-state index contributed by atoms with van der Waals surface area (Å²) in [5, 5.41) is 0.568. The summed E-state index contributed by atoms with van der Waals surface area (Å²) in [6.45, 7) is 5.83. The molecule has 1 heterocycles. The third-order valence-electron chi connectivity index (χ3n) is 3.25. The Hall–Kier alpha value is -2.02. The molecular formula is C15H20N4O2S. The van der Waals surface area contributed by atoms with Crippen LogP contribution in [0.4, 0.5) is 0 Å². The monoisotopic (exact) mass is 320 g/mol. The molecular weight excluding hydrogens is 300 g/mol. The van der Waals surface area contributed by atoms with Crippen molar-refractivity contribution in [2.45, 2.75) is 32.0 Å². The van der Waals surface area contributed by atoms with Crippen LogP contribution in [0.3, 0.4) is 0 Å². The van der Waals surface area contributed by atoms with E-state index in [0.717, 1.165) is 11.0 Å². The number of benzene rings is 1. The molecule has 0 aliphatic rings. The molecule has 22 heavy (non-hydrogen) atoms. The summed E-state index contributed by atoms with van der Waals surface area (Å²) in [6, 6.07) is 6.93. The lowest BCUT2D eigenvalue weighted by atomic mass is 9.86. The molecule has 0 saturated heterocycles. The van der Waals surface area contributed by atoms with E-state index in [1.165, 1.54) is 11.8 Å². The highest BCUT2D eigenvalue weighted by atomic mass is 32.2. The van der Waals surface area contributed by atoms with E-state index < -0.39 is 23.3 Å². The van der Waals surface area contributed by atoms with Crippen LogP contribution in [0.5, 0.6) is 0 Å². The van der Waals surface area contributed by atoms with Crippen molar-refractivity contribution in [2.75, 3.05) is 5.75 Å². The van der Waals surface area contributed by atoms with E-state index >= 15 is 0 Å². The van der Waals surface area contributed by atoms with E-state index in [2.05, 4.69) is 4.98 Å². The third-order valence-corrected chi connectivity index (χ3v) is 4.23. The number of nitrogens with two attached hydrogens (primary N) is 2. The van der Waals surface area contributed by atoms with Crippen LogP contribution in [0.25, 0.3) is 11.0 Å². The van der Waals surface area contributed by atoms with E-state index in [9.17, 15) is 9.59 Å². The Bertz CT molecular complexity index is 718. The van der Waals surface area contributed by atoms with Gasteiger partial charge in [-0.3, -0.25) is 9.59 Å². The summed E-state index contributed by atoms with van der Waals surface area (Å²) in [5.74, 6) is -0.773. The van der Waals surface area contributed by atoms with Crippen molar-refractivity contribution < 1.29 is 9.59 Å². The maximum Gasteiger partial charge on any atom is 0.241 e. The summed E-state index contributed by atoms with van der Waals surface area (Å²) in [7, 11) is 0. The van der Waals surface area contributed by atoms with Gasteiger partial charge in [0.15, 0.2) is 5.16 Å². The maximum atomic E-state index is 12.1. The molecule has 0 saturated carbocycles. The van der Waals surface area contributed by atoms with Gasteiger partial charge in [0.2, 0.25) is 11.8 Å². The van der Waals surface area contributed by atoms with Gasteiger partial charge in [-0.2, -0.15) is 0 Å². The molecule has 1 unspecified atom stereocenters. The normalized spacial score (nSPS) is 13.2. The molecule has 1 aromatic heterocycles. The number of imidazole rings is 1. The number of carbonyl (C=O) groups is 2. The Balaban J connectivity index is 2.64. The largest absolute Gasteiger partial charge is 0.369 e. The molecule has 0 aliphatic carbocycles. The van der Waals surface area contributed by atoms with Crippen LogP contribution < -0.4 is 11.5 Å². The molecule has 0 aliphatic heterocycles. The van der Waals surface area contributed by atoms with Crippen molar-refractivity contribution in [3.8, 4) is 0 Å². The van der Waals surface area contributed by atoms with Crippen molar-refractivity contribution in [1.29, 1.82) is 0 Å². The van der Waals surface area contributed by atoms with Crippen LogP contribution in [-0.2, 0) is 9.59 Å². The van der Waals surface area contributed by atoms with Crippen LogP contribution >= 0.6 is 11.8 Å². The Morgan fingerprint density at radius 2 is 1.91 bits per heavy atom. The highest BCUT2D eigenvalue weighted by Gasteiger charge is 2.34. The number of primary amides is 2. The second-order valence-corrected chi connectivity index (χ2v) is 7.12. The molecule has 2 amide bonds. The van der Waals surface area contributed by atoms with Crippen molar-refractivity contribution in [1.82, 2.24) is 9.55 Å². The average Bonchev–Trinajstić information content (AvgIpc) is 2.73. The van der Waals surface area contributed by atoms with E-state index in [1.807, 2.05) is 49.6 Å². The van der Waals surface area contributed by atoms with Gasteiger partial charge in [0, 0.05) is 0 Å². The summed E-state index contributed by atoms with van der Waals surface area (Å²) in [5.41, 5.74) is 12.0. The lowest BCUT2D eigenvalue weighted by Crippen LogP contribution is -2.36. The first kappa shape index (κ1) is 16.4. The smallest absolute Gasteiger partial charge is 0.241 e. The topological polar surface area (TPSA) is 104 Å². The molecule has 4 N–H and O–H groups in total. The second kappa shape index (κ2) is 6.00. The Morgan fingerprint density at radius 1 is 1.27 bits per heavy atom. The average molecular weight is 320 g/mol. The van der Waals surface area contributed by atoms with Gasteiger partial charge in [-0.15, -0.1) is 0 Å². The lowest BCUT2D eigenvalue weighted by Gasteiger charge is -2.30. The number of para-hydroxylation sites is 2. The zero-order chi connectivity index (χ0) is 16.5. The van der Waals surface area contributed by atoms with E-state index in [-0.39, 0.29) is 5.75 Å². The van der Waals surface area contributed by atoms with E-state index in [0.29, 0.717) is 5.16 Å². The highest BCUT2D eigenvalue weighted by molar-refractivity contribution is 7.99. The Labute approximate surface area is 133 Å². The first-order valence-electron chi connectivity index (χ1n) is 6.89. The SMILES string of the molecule is CC(C)(C)C(C(N)=O)n1c(SCC(N)=O)nc2ccccc21.